The van der Waals surface area contributed by atoms with Crippen molar-refractivity contribution in [1.29, 1.82) is 0 Å². The molecule has 2 spiro atoms. The van der Waals surface area contributed by atoms with Gasteiger partial charge < -0.3 is 20.1 Å². The van der Waals surface area contributed by atoms with Crippen LogP contribution in [0.25, 0.3) is 0 Å². The third kappa shape index (κ3) is 2.43. The lowest BCUT2D eigenvalue weighted by Crippen LogP contribution is -2.73. The molecule has 5 rings (SSSR count). The fourth-order valence-corrected chi connectivity index (χ4v) is 8.69. The third-order valence-corrected chi connectivity index (χ3v) is 11.5. The first-order valence-corrected chi connectivity index (χ1v) is 13.0. The van der Waals surface area contributed by atoms with Crippen molar-refractivity contribution < 1.29 is 20.1 Å². The van der Waals surface area contributed by atoms with Crippen molar-refractivity contribution in [2.24, 2.45) is 34.5 Å². The second-order valence-corrected chi connectivity index (χ2v) is 12.9. The average Bonchev–Trinajstić information content (AvgIpc) is 3.33. The van der Waals surface area contributed by atoms with E-state index in [1.807, 2.05) is 19.1 Å². The van der Waals surface area contributed by atoms with Gasteiger partial charge in [0, 0.05) is 17.3 Å². The molecule has 1 heterocycles. The summed E-state index contributed by atoms with van der Waals surface area (Å²) in [6.45, 7) is 13.6. The van der Waals surface area contributed by atoms with Crippen LogP contribution in [-0.4, -0.2) is 43.8 Å². The molecule has 1 saturated heterocycles. The number of hydrogen-bond donors (Lipinski definition) is 3. The van der Waals surface area contributed by atoms with E-state index in [9.17, 15) is 15.3 Å². The van der Waals surface area contributed by atoms with Crippen LogP contribution in [0.4, 0.5) is 0 Å². The van der Waals surface area contributed by atoms with Gasteiger partial charge in [-0.15, -0.1) is 0 Å². The highest BCUT2D eigenvalue weighted by Crippen LogP contribution is 2.81. The summed E-state index contributed by atoms with van der Waals surface area (Å²) in [6.07, 6.45) is 13.3. The van der Waals surface area contributed by atoms with Crippen molar-refractivity contribution in [1.82, 2.24) is 0 Å². The molecule has 0 unspecified atom stereocenters. The Bertz CT molecular complexity index is 850. The van der Waals surface area contributed by atoms with Gasteiger partial charge in [-0.05, 0) is 68.3 Å². The van der Waals surface area contributed by atoms with Crippen molar-refractivity contribution in [3.05, 3.63) is 24.3 Å². The molecule has 0 aromatic heterocycles. The molecule has 4 heteroatoms. The molecule has 4 nitrogen and oxygen atoms in total. The van der Waals surface area contributed by atoms with E-state index in [1.54, 1.807) is 0 Å². The predicted molar refractivity (Wildman–Crippen MR) is 126 cm³/mol. The molecule has 0 bridgehead atoms. The summed E-state index contributed by atoms with van der Waals surface area (Å²) in [7, 11) is 0. The van der Waals surface area contributed by atoms with Crippen LogP contribution in [0, 0.1) is 34.5 Å². The Morgan fingerprint density at radius 1 is 0.938 bits per heavy atom. The lowest BCUT2D eigenvalue weighted by molar-refractivity contribution is -0.238. The SMILES string of the molecule is CC(C)[C@@H](C)/C=C/[C@@H](C)[C@H]1CC[C@@]23O[C@@]24C=C[C@@]2(O)C[C@@H](O)CC[C@]2(C)[C@@]4(O)CC[C@]13C. The van der Waals surface area contributed by atoms with Crippen LogP contribution in [0.5, 0.6) is 0 Å². The maximum Gasteiger partial charge on any atom is 0.146 e. The number of aliphatic hydroxyl groups is 3. The molecule has 3 saturated carbocycles. The fraction of sp³-hybridized carbons (Fsp3) is 0.857. The molecule has 5 aliphatic rings. The quantitative estimate of drug-likeness (QED) is 0.431. The number of hydrogen-bond acceptors (Lipinski definition) is 4. The van der Waals surface area contributed by atoms with E-state index in [1.165, 1.54) is 0 Å². The van der Waals surface area contributed by atoms with E-state index < -0.39 is 28.3 Å². The maximum atomic E-state index is 12.4. The number of rotatable bonds is 4. The van der Waals surface area contributed by atoms with Gasteiger partial charge in [-0.2, -0.15) is 0 Å². The first-order valence-electron chi connectivity index (χ1n) is 13.0. The van der Waals surface area contributed by atoms with Crippen molar-refractivity contribution >= 4 is 0 Å². The number of allylic oxidation sites excluding steroid dienone is 2. The lowest BCUT2D eigenvalue weighted by Gasteiger charge is -2.63. The van der Waals surface area contributed by atoms with Crippen LogP contribution in [0.2, 0.25) is 0 Å². The Morgan fingerprint density at radius 3 is 2.34 bits per heavy atom. The molecular formula is C28H44O4. The summed E-state index contributed by atoms with van der Waals surface area (Å²) in [5, 5.41) is 34.3. The van der Waals surface area contributed by atoms with Gasteiger partial charge >= 0.3 is 0 Å². The summed E-state index contributed by atoms with van der Waals surface area (Å²) in [4.78, 5) is 0. The van der Waals surface area contributed by atoms with E-state index in [0.29, 0.717) is 49.4 Å². The molecule has 32 heavy (non-hydrogen) atoms. The van der Waals surface area contributed by atoms with Crippen LogP contribution in [-0.2, 0) is 4.74 Å². The molecule has 1 aliphatic heterocycles. The molecule has 0 aromatic rings. The molecule has 180 valence electrons. The highest BCUT2D eigenvalue weighted by Gasteiger charge is 2.91. The predicted octanol–water partition coefficient (Wildman–Crippen LogP) is 4.77. The zero-order valence-electron chi connectivity index (χ0n) is 20.9. The molecule has 4 aliphatic carbocycles. The minimum absolute atomic E-state index is 0.00833. The van der Waals surface area contributed by atoms with Gasteiger partial charge in [0.2, 0.25) is 0 Å². The average molecular weight is 445 g/mol. The second-order valence-electron chi connectivity index (χ2n) is 12.9. The summed E-state index contributed by atoms with van der Waals surface area (Å²) in [5.74, 6) is 2.21. The third-order valence-electron chi connectivity index (χ3n) is 11.5. The lowest BCUT2D eigenvalue weighted by atomic mass is 9.42. The van der Waals surface area contributed by atoms with Gasteiger partial charge in [0.05, 0.1) is 11.7 Å². The van der Waals surface area contributed by atoms with Crippen LogP contribution >= 0.6 is 0 Å². The van der Waals surface area contributed by atoms with Crippen LogP contribution < -0.4 is 0 Å². The number of fused-ring (bicyclic) bond motifs is 2. The first-order chi connectivity index (χ1) is 14.8. The Labute approximate surface area is 194 Å². The maximum absolute atomic E-state index is 12.4. The highest BCUT2D eigenvalue weighted by atomic mass is 16.6. The molecule has 4 fully saturated rings. The largest absolute Gasteiger partial charge is 0.393 e. The Hall–Kier alpha value is -0.680. The molecular weight excluding hydrogens is 400 g/mol. The van der Waals surface area contributed by atoms with Crippen LogP contribution in [0.3, 0.4) is 0 Å². The summed E-state index contributed by atoms with van der Waals surface area (Å²) in [5.41, 5.74) is -4.06. The molecule has 0 radical (unpaired) electrons. The Kier molecular flexibility index (Phi) is 4.84. The van der Waals surface area contributed by atoms with Crippen molar-refractivity contribution in [3.8, 4) is 0 Å². The molecule has 0 amide bonds. The zero-order valence-corrected chi connectivity index (χ0v) is 20.9. The van der Waals surface area contributed by atoms with E-state index in [0.717, 1.165) is 19.3 Å². The van der Waals surface area contributed by atoms with Crippen LogP contribution in [0.1, 0.15) is 86.5 Å². The standard InChI is InChI=1S/C28H44O4/c1-18(2)19(3)7-8-20(4)22-10-12-27-23(22,5)13-15-26(31)24(6)11-9-21(29)17-25(24,30)14-16-28(26,27)32-27/h7-8,14,16,18-22,29-31H,9-13,15,17H2,1-6H3/b8-7+/t19-,20+,21-,22+,23+,24-,25+,26-,27-,28+/m0/s1. The first kappa shape index (κ1) is 23.1. The minimum Gasteiger partial charge on any atom is -0.393 e. The number of aliphatic hydroxyl groups excluding tert-OH is 1. The van der Waals surface area contributed by atoms with Gasteiger partial charge in [0.1, 0.15) is 16.8 Å². The number of epoxide rings is 1. The molecule has 3 N–H and O–H groups in total. The van der Waals surface area contributed by atoms with Gasteiger partial charge in [-0.25, -0.2) is 0 Å². The summed E-state index contributed by atoms with van der Waals surface area (Å²) in [6, 6.07) is 0. The summed E-state index contributed by atoms with van der Waals surface area (Å²) >= 11 is 0. The Balaban J connectivity index is 1.49. The second kappa shape index (κ2) is 6.71. The normalized spacial score (nSPS) is 55.8. The van der Waals surface area contributed by atoms with E-state index in [-0.39, 0.29) is 11.0 Å². The fourth-order valence-electron chi connectivity index (χ4n) is 8.69. The molecule has 10 atom stereocenters. The van der Waals surface area contributed by atoms with Gasteiger partial charge in [-0.3, -0.25) is 0 Å². The zero-order chi connectivity index (χ0) is 23.4. The van der Waals surface area contributed by atoms with Crippen molar-refractivity contribution in [2.45, 2.75) is 115 Å². The monoisotopic (exact) mass is 444 g/mol. The van der Waals surface area contributed by atoms with E-state index >= 15 is 0 Å². The topological polar surface area (TPSA) is 73.2 Å². The van der Waals surface area contributed by atoms with Gasteiger partial charge in [-0.1, -0.05) is 59.8 Å². The number of ether oxygens (including phenoxy) is 1. The van der Waals surface area contributed by atoms with E-state index in [2.05, 4.69) is 46.8 Å². The smallest absolute Gasteiger partial charge is 0.146 e. The highest BCUT2D eigenvalue weighted by molar-refractivity contribution is 5.48. The van der Waals surface area contributed by atoms with E-state index in [4.69, 9.17) is 4.74 Å². The Morgan fingerprint density at radius 2 is 1.66 bits per heavy atom. The van der Waals surface area contributed by atoms with Gasteiger partial charge in [0.25, 0.3) is 0 Å². The van der Waals surface area contributed by atoms with Crippen LogP contribution in [0.15, 0.2) is 24.3 Å². The summed E-state index contributed by atoms with van der Waals surface area (Å²) < 4.78 is 6.78. The minimum atomic E-state index is -1.19. The van der Waals surface area contributed by atoms with Crippen molar-refractivity contribution in [2.75, 3.05) is 0 Å². The molecule has 0 aromatic carbocycles. The van der Waals surface area contributed by atoms with Crippen molar-refractivity contribution in [3.63, 3.8) is 0 Å². The van der Waals surface area contributed by atoms with Gasteiger partial charge in [0.15, 0.2) is 0 Å².